The minimum Gasteiger partial charge on any atom is -0.388 e. The van der Waals surface area contributed by atoms with Crippen molar-refractivity contribution in [1.82, 2.24) is 9.78 Å². The van der Waals surface area contributed by atoms with E-state index in [1.54, 1.807) is 0 Å². The van der Waals surface area contributed by atoms with Gasteiger partial charge in [-0.1, -0.05) is 15.9 Å². The molecule has 0 aliphatic rings. The summed E-state index contributed by atoms with van der Waals surface area (Å²) in [6, 6.07) is 8.25. The number of aliphatic hydroxyl groups is 1. The molecule has 0 bridgehead atoms. The van der Waals surface area contributed by atoms with Crippen molar-refractivity contribution in [1.29, 1.82) is 0 Å². The summed E-state index contributed by atoms with van der Waals surface area (Å²) in [7, 11) is 0. The first kappa shape index (κ1) is 15.0. The van der Waals surface area contributed by atoms with Gasteiger partial charge in [-0.15, -0.1) is 0 Å². The van der Waals surface area contributed by atoms with Gasteiger partial charge >= 0.3 is 0 Å². The lowest BCUT2D eigenvalue weighted by atomic mass is 10.1. The average Bonchev–Trinajstić information content (AvgIpc) is 2.80. The summed E-state index contributed by atoms with van der Waals surface area (Å²) >= 11 is 5.68. The molecule has 0 aliphatic carbocycles. The Morgan fingerprint density at radius 2 is 2.11 bits per heavy atom. The fourth-order valence-electron chi connectivity index (χ4n) is 1.85. The molecule has 19 heavy (non-hydrogen) atoms. The Balaban J connectivity index is 2.15. The smallest absolute Gasteiger partial charge is 0.0856 e. The van der Waals surface area contributed by atoms with Crippen molar-refractivity contribution in [2.24, 2.45) is 0 Å². The molecular weight excluding hydrogens is 419 g/mol. The van der Waals surface area contributed by atoms with Gasteiger partial charge in [-0.25, -0.2) is 0 Å². The van der Waals surface area contributed by atoms with Gasteiger partial charge in [0.1, 0.15) is 0 Å². The van der Waals surface area contributed by atoms with Crippen LogP contribution < -0.4 is 0 Å². The zero-order valence-corrected chi connectivity index (χ0v) is 14.6. The van der Waals surface area contributed by atoms with Gasteiger partial charge in [0.15, 0.2) is 0 Å². The second-order valence-electron chi connectivity index (χ2n) is 4.77. The molecule has 102 valence electrons. The highest BCUT2D eigenvalue weighted by Gasteiger charge is 2.14. The molecule has 0 saturated heterocycles. The van der Waals surface area contributed by atoms with Crippen molar-refractivity contribution in [3.8, 4) is 0 Å². The Morgan fingerprint density at radius 1 is 1.37 bits per heavy atom. The fraction of sp³-hybridized carbons (Fsp3) is 0.357. The predicted octanol–water partition coefficient (Wildman–Crippen LogP) is 4.11. The highest BCUT2D eigenvalue weighted by Crippen LogP contribution is 2.26. The molecule has 1 aromatic carbocycles. The molecule has 0 radical (unpaired) electrons. The van der Waals surface area contributed by atoms with Crippen molar-refractivity contribution in [2.75, 3.05) is 0 Å². The first-order valence-corrected chi connectivity index (χ1v) is 8.01. The van der Waals surface area contributed by atoms with E-state index in [0.29, 0.717) is 12.5 Å². The van der Waals surface area contributed by atoms with Gasteiger partial charge in [0.2, 0.25) is 0 Å². The third-order valence-corrected chi connectivity index (χ3v) is 4.39. The van der Waals surface area contributed by atoms with Crippen LogP contribution in [-0.2, 0) is 6.42 Å². The van der Waals surface area contributed by atoms with Crippen LogP contribution in [0.1, 0.15) is 37.3 Å². The molecule has 1 N–H and O–H groups in total. The first-order chi connectivity index (χ1) is 8.97. The van der Waals surface area contributed by atoms with Crippen LogP contribution in [0.3, 0.4) is 0 Å². The van der Waals surface area contributed by atoms with E-state index < -0.39 is 6.10 Å². The van der Waals surface area contributed by atoms with E-state index in [4.69, 9.17) is 0 Å². The molecule has 3 nitrogen and oxygen atoms in total. The highest BCUT2D eigenvalue weighted by atomic mass is 127. The van der Waals surface area contributed by atoms with Crippen molar-refractivity contribution in [2.45, 2.75) is 32.4 Å². The maximum atomic E-state index is 10.4. The van der Waals surface area contributed by atoms with Crippen LogP contribution in [0.5, 0.6) is 0 Å². The summed E-state index contributed by atoms with van der Waals surface area (Å²) in [5.41, 5.74) is 1.85. The zero-order valence-electron chi connectivity index (χ0n) is 10.8. The lowest BCUT2D eigenvalue weighted by Crippen LogP contribution is -2.06. The molecule has 1 heterocycles. The monoisotopic (exact) mass is 434 g/mol. The summed E-state index contributed by atoms with van der Waals surface area (Å²) in [6.45, 7) is 4.18. The number of aromatic nitrogens is 2. The third-order valence-electron chi connectivity index (χ3n) is 2.91. The molecule has 0 amide bonds. The molecule has 0 aliphatic heterocycles. The summed E-state index contributed by atoms with van der Waals surface area (Å²) in [6.07, 6.45) is 1.96. The molecule has 1 atom stereocenters. The van der Waals surface area contributed by atoms with Gasteiger partial charge in [0.05, 0.1) is 11.8 Å². The topological polar surface area (TPSA) is 38.0 Å². The van der Waals surface area contributed by atoms with Gasteiger partial charge in [-0.3, -0.25) is 4.68 Å². The van der Waals surface area contributed by atoms with E-state index >= 15 is 0 Å². The van der Waals surface area contributed by atoms with E-state index in [9.17, 15) is 5.11 Å². The lowest BCUT2D eigenvalue weighted by Gasteiger charge is -2.12. The second-order valence-corrected chi connectivity index (χ2v) is 6.84. The number of hydrogen-bond donors (Lipinski definition) is 1. The van der Waals surface area contributed by atoms with Gasteiger partial charge in [-0.2, -0.15) is 5.10 Å². The van der Waals surface area contributed by atoms with Crippen molar-refractivity contribution < 1.29 is 5.11 Å². The van der Waals surface area contributed by atoms with E-state index in [1.807, 2.05) is 35.1 Å². The standard InChI is InChI=1S/C14H16BrIN2O/c1-9(2)18-6-5-11(17-18)8-14(19)12-7-10(15)3-4-13(12)16/h3-7,9,14,19H,8H2,1-2H3. The Kier molecular flexibility index (Phi) is 5.03. The summed E-state index contributed by atoms with van der Waals surface area (Å²) in [5.74, 6) is 0. The van der Waals surface area contributed by atoms with Crippen molar-refractivity contribution >= 4 is 38.5 Å². The Bertz CT molecular complexity index is 568. The quantitative estimate of drug-likeness (QED) is 0.735. The number of nitrogens with zero attached hydrogens (tertiary/aromatic N) is 2. The molecule has 1 aromatic heterocycles. The fourth-order valence-corrected chi connectivity index (χ4v) is 2.93. The van der Waals surface area contributed by atoms with E-state index in [0.717, 1.165) is 19.3 Å². The summed E-state index contributed by atoms with van der Waals surface area (Å²) in [5, 5.41) is 14.8. The van der Waals surface area contributed by atoms with E-state index in [-0.39, 0.29) is 0 Å². The van der Waals surface area contributed by atoms with Gasteiger partial charge in [-0.05, 0) is 66.3 Å². The summed E-state index contributed by atoms with van der Waals surface area (Å²) in [4.78, 5) is 0. The SMILES string of the molecule is CC(C)n1ccc(CC(O)c2cc(Br)ccc2I)n1. The van der Waals surface area contributed by atoms with Crippen LogP contribution in [0.15, 0.2) is 34.9 Å². The zero-order chi connectivity index (χ0) is 14.0. The lowest BCUT2D eigenvalue weighted by molar-refractivity contribution is 0.176. The molecular formula is C14H16BrIN2O. The third kappa shape index (κ3) is 3.79. The number of hydrogen-bond acceptors (Lipinski definition) is 2. The molecule has 5 heteroatoms. The molecule has 0 saturated carbocycles. The molecule has 0 fully saturated rings. The number of aliphatic hydroxyl groups excluding tert-OH is 1. The maximum Gasteiger partial charge on any atom is 0.0856 e. The van der Waals surface area contributed by atoms with Crippen molar-refractivity contribution in [3.63, 3.8) is 0 Å². The van der Waals surface area contributed by atoms with Crippen LogP contribution >= 0.6 is 38.5 Å². The Labute approximate surface area is 135 Å². The molecule has 2 rings (SSSR count). The van der Waals surface area contributed by atoms with Gasteiger partial charge in [0, 0.05) is 26.7 Å². The molecule has 2 aromatic rings. The Morgan fingerprint density at radius 3 is 2.74 bits per heavy atom. The minimum absolute atomic E-state index is 0.344. The number of halogens is 2. The largest absolute Gasteiger partial charge is 0.388 e. The maximum absolute atomic E-state index is 10.4. The van der Waals surface area contributed by atoms with E-state index in [2.05, 4.69) is 57.5 Å². The van der Waals surface area contributed by atoms with Crippen molar-refractivity contribution in [3.05, 3.63) is 49.8 Å². The van der Waals surface area contributed by atoms with Gasteiger partial charge < -0.3 is 5.11 Å². The Hall–Kier alpha value is -0.400. The highest BCUT2D eigenvalue weighted by molar-refractivity contribution is 14.1. The van der Waals surface area contributed by atoms with E-state index in [1.165, 1.54) is 0 Å². The average molecular weight is 435 g/mol. The number of benzene rings is 1. The predicted molar refractivity (Wildman–Crippen MR) is 88.1 cm³/mol. The second kappa shape index (κ2) is 6.37. The minimum atomic E-state index is -0.528. The van der Waals surface area contributed by atoms with Crippen LogP contribution in [0.2, 0.25) is 0 Å². The van der Waals surface area contributed by atoms with Gasteiger partial charge in [0.25, 0.3) is 0 Å². The summed E-state index contributed by atoms with van der Waals surface area (Å²) < 4.78 is 3.96. The number of rotatable bonds is 4. The van der Waals surface area contributed by atoms with Crippen LogP contribution in [0.25, 0.3) is 0 Å². The normalized spacial score (nSPS) is 12.9. The molecule has 1 unspecified atom stereocenters. The van der Waals surface area contributed by atoms with Crippen LogP contribution in [0.4, 0.5) is 0 Å². The molecule has 0 spiro atoms. The first-order valence-electron chi connectivity index (χ1n) is 6.14. The van der Waals surface area contributed by atoms with Crippen LogP contribution in [-0.4, -0.2) is 14.9 Å². The van der Waals surface area contributed by atoms with Crippen LogP contribution in [0, 0.1) is 3.57 Å².